The fourth-order valence-corrected chi connectivity index (χ4v) is 2.87. The summed E-state index contributed by atoms with van der Waals surface area (Å²) in [6.45, 7) is 2.85. The van der Waals surface area contributed by atoms with Gasteiger partial charge < -0.3 is 10.1 Å². The number of piperidine rings is 1. The Morgan fingerprint density at radius 1 is 1.72 bits per heavy atom. The lowest BCUT2D eigenvalue weighted by Gasteiger charge is -2.26. The standard InChI is InChI=1S/C12H19BrFN3O/c1-18-6-5-17-12(10(13)8-16-17)11(14)9-3-2-4-15-7-9/h8-9,11,15H,2-7H2,1H3. The van der Waals surface area contributed by atoms with Gasteiger partial charge in [0.15, 0.2) is 0 Å². The Labute approximate surface area is 115 Å². The Hall–Kier alpha value is -0.460. The molecule has 6 heteroatoms. The summed E-state index contributed by atoms with van der Waals surface area (Å²) in [4.78, 5) is 0. The van der Waals surface area contributed by atoms with E-state index in [1.807, 2.05) is 0 Å². The number of hydrogen-bond donors (Lipinski definition) is 1. The van der Waals surface area contributed by atoms with Crippen molar-refractivity contribution in [3.63, 3.8) is 0 Å². The number of rotatable bonds is 5. The average Bonchev–Trinajstić information content (AvgIpc) is 2.77. The van der Waals surface area contributed by atoms with Crippen LogP contribution < -0.4 is 5.32 Å². The van der Waals surface area contributed by atoms with Gasteiger partial charge in [0.2, 0.25) is 0 Å². The van der Waals surface area contributed by atoms with Crippen LogP contribution in [0.1, 0.15) is 24.7 Å². The van der Waals surface area contributed by atoms with Crippen LogP contribution in [0.2, 0.25) is 0 Å². The van der Waals surface area contributed by atoms with E-state index in [1.54, 1.807) is 18.0 Å². The Morgan fingerprint density at radius 2 is 2.56 bits per heavy atom. The molecule has 2 atom stereocenters. The minimum absolute atomic E-state index is 0.0352. The summed E-state index contributed by atoms with van der Waals surface area (Å²) >= 11 is 3.39. The summed E-state index contributed by atoms with van der Waals surface area (Å²) in [5, 5.41) is 7.45. The fraction of sp³-hybridized carbons (Fsp3) is 0.750. The molecule has 2 unspecified atom stereocenters. The van der Waals surface area contributed by atoms with Gasteiger partial charge in [-0.1, -0.05) is 0 Å². The number of alkyl halides is 1. The summed E-state index contributed by atoms with van der Waals surface area (Å²) in [5.41, 5.74) is 0.640. The maximum Gasteiger partial charge on any atom is 0.147 e. The Kier molecular flexibility index (Phi) is 5.14. The molecule has 0 radical (unpaired) electrons. The van der Waals surface area contributed by atoms with Crippen molar-refractivity contribution < 1.29 is 9.13 Å². The van der Waals surface area contributed by atoms with Crippen LogP contribution in [0.15, 0.2) is 10.7 Å². The maximum atomic E-state index is 14.6. The lowest BCUT2D eigenvalue weighted by Crippen LogP contribution is -2.33. The van der Waals surface area contributed by atoms with Crippen LogP contribution in [0.5, 0.6) is 0 Å². The van der Waals surface area contributed by atoms with Crippen LogP contribution in [0.25, 0.3) is 0 Å². The molecular weight excluding hydrogens is 301 g/mol. The molecule has 1 aliphatic heterocycles. The smallest absolute Gasteiger partial charge is 0.147 e. The van der Waals surface area contributed by atoms with Crippen molar-refractivity contribution in [1.82, 2.24) is 15.1 Å². The highest BCUT2D eigenvalue weighted by atomic mass is 79.9. The molecular formula is C12H19BrFN3O. The third kappa shape index (κ3) is 3.10. The molecule has 0 aliphatic carbocycles. The molecule has 1 aromatic rings. The van der Waals surface area contributed by atoms with E-state index in [1.165, 1.54) is 0 Å². The number of nitrogens with zero attached hydrogens (tertiary/aromatic N) is 2. The molecule has 1 N–H and O–H groups in total. The molecule has 0 saturated carbocycles. The monoisotopic (exact) mass is 319 g/mol. The van der Waals surface area contributed by atoms with Gasteiger partial charge >= 0.3 is 0 Å². The average molecular weight is 320 g/mol. The highest BCUT2D eigenvalue weighted by Gasteiger charge is 2.29. The highest BCUT2D eigenvalue weighted by Crippen LogP contribution is 2.34. The number of aromatic nitrogens is 2. The molecule has 2 rings (SSSR count). The number of hydrogen-bond acceptors (Lipinski definition) is 3. The van der Waals surface area contributed by atoms with Gasteiger partial charge in [0, 0.05) is 19.6 Å². The Balaban J connectivity index is 2.12. The molecule has 1 aliphatic rings. The summed E-state index contributed by atoms with van der Waals surface area (Å²) in [6, 6.07) is 0. The molecule has 18 heavy (non-hydrogen) atoms. The molecule has 2 heterocycles. The first-order valence-electron chi connectivity index (χ1n) is 6.29. The molecule has 4 nitrogen and oxygen atoms in total. The minimum Gasteiger partial charge on any atom is -0.383 e. The van der Waals surface area contributed by atoms with Crippen molar-refractivity contribution in [2.45, 2.75) is 25.6 Å². The quantitative estimate of drug-likeness (QED) is 0.905. The van der Waals surface area contributed by atoms with Crippen molar-refractivity contribution >= 4 is 15.9 Å². The predicted octanol–water partition coefficient (Wildman–Crippen LogP) is 2.30. The lowest BCUT2D eigenvalue weighted by atomic mass is 9.93. The fourth-order valence-electron chi connectivity index (χ4n) is 2.35. The van der Waals surface area contributed by atoms with Crippen molar-refractivity contribution in [3.8, 4) is 0 Å². The molecule has 102 valence electrons. The third-order valence-electron chi connectivity index (χ3n) is 3.35. The first kappa shape index (κ1) is 14.0. The van der Waals surface area contributed by atoms with Crippen LogP contribution >= 0.6 is 15.9 Å². The van der Waals surface area contributed by atoms with E-state index in [0.717, 1.165) is 30.4 Å². The van der Waals surface area contributed by atoms with E-state index in [-0.39, 0.29) is 5.92 Å². The first-order valence-corrected chi connectivity index (χ1v) is 7.08. The topological polar surface area (TPSA) is 39.1 Å². The van der Waals surface area contributed by atoms with Gasteiger partial charge in [0.05, 0.1) is 29.5 Å². The van der Waals surface area contributed by atoms with Crippen molar-refractivity contribution in [2.75, 3.05) is 26.8 Å². The minimum atomic E-state index is -0.980. The van der Waals surface area contributed by atoms with E-state index >= 15 is 0 Å². The van der Waals surface area contributed by atoms with E-state index in [0.29, 0.717) is 18.8 Å². The van der Waals surface area contributed by atoms with Gasteiger partial charge in [-0.15, -0.1) is 0 Å². The van der Waals surface area contributed by atoms with E-state index in [9.17, 15) is 4.39 Å². The van der Waals surface area contributed by atoms with E-state index in [2.05, 4.69) is 26.3 Å². The zero-order valence-corrected chi connectivity index (χ0v) is 12.1. The van der Waals surface area contributed by atoms with E-state index < -0.39 is 6.17 Å². The second kappa shape index (κ2) is 6.63. The summed E-state index contributed by atoms with van der Waals surface area (Å²) in [7, 11) is 1.64. The number of halogens is 2. The van der Waals surface area contributed by atoms with Crippen LogP contribution in [-0.2, 0) is 11.3 Å². The second-order valence-electron chi connectivity index (χ2n) is 4.60. The molecule has 1 aromatic heterocycles. The molecule has 0 amide bonds. The van der Waals surface area contributed by atoms with Gasteiger partial charge in [-0.3, -0.25) is 4.68 Å². The normalized spacial score (nSPS) is 22.1. The molecule has 0 aromatic carbocycles. The van der Waals surface area contributed by atoms with Gasteiger partial charge in [0.25, 0.3) is 0 Å². The first-order chi connectivity index (χ1) is 8.74. The lowest BCUT2D eigenvalue weighted by molar-refractivity contribution is 0.163. The SMILES string of the molecule is COCCn1ncc(Br)c1C(F)C1CCCNC1. The summed E-state index contributed by atoms with van der Waals surface area (Å²) in [6.07, 6.45) is 2.64. The summed E-state index contributed by atoms with van der Waals surface area (Å²) < 4.78 is 22.1. The van der Waals surface area contributed by atoms with Crippen molar-refractivity contribution in [3.05, 3.63) is 16.4 Å². The van der Waals surface area contributed by atoms with E-state index in [4.69, 9.17) is 4.74 Å². The van der Waals surface area contributed by atoms with Gasteiger partial charge in [-0.25, -0.2) is 4.39 Å². The third-order valence-corrected chi connectivity index (χ3v) is 3.96. The molecule has 1 saturated heterocycles. The zero-order chi connectivity index (χ0) is 13.0. The van der Waals surface area contributed by atoms with Gasteiger partial charge in [0.1, 0.15) is 6.17 Å². The predicted molar refractivity (Wildman–Crippen MR) is 71.2 cm³/mol. The van der Waals surface area contributed by atoms with Crippen molar-refractivity contribution in [1.29, 1.82) is 0 Å². The molecule has 1 fully saturated rings. The number of ether oxygens (including phenoxy) is 1. The summed E-state index contributed by atoms with van der Waals surface area (Å²) in [5.74, 6) is 0.0352. The van der Waals surface area contributed by atoms with Crippen LogP contribution in [-0.4, -0.2) is 36.6 Å². The van der Waals surface area contributed by atoms with Crippen LogP contribution in [0.3, 0.4) is 0 Å². The van der Waals surface area contributed by atoms with Gasteiger partial charge in [-0.05, 0) is 35.3 Å². The largest absolute Gasteiger partial charge is 0.383 e. The van der Waals surface area contributed by atoms with Crippen molar-refractivity contribution in [2.24, 2.45) is 5.92 Å². The number of methoxy groups -OCH3 is 1. The highest BCUT2D eigenvalue weighted by molar-refractivity contribution is 9.10. The molecule has 0 spiro atoms. The zero-order valence-electron chi connectivity index (χ0n) is 10.5. The Bertz CT molecular complexity index is 379. The Morgan fingerprint density at radius 3 is 3.22 bits per heavy atom. The van der Waals surface area contributed by atoms with Gasteiger partial charge in [-0.2, -0.15) is 5.10 Å². The van der Waals surface area contributed by atoms with Crippen LogP contribution in [0.4, 0.5) is 4.39 Å². The second-order valence-corrected chi connectivity index (χ2v) is 5.46. The van der Waals surface area contributed by atoms with Crippen LogP contribution in [0, 0.1) is 5.92 Å². The maximum absolute atomic E-state index is 14.6. The number of nitrogens with one attached hydrogen (secondary N) is 1. The molecule has 0 bridgehead atoms.